The molecule has 0 saturated carbocycles. The van der Waals surface area contributed by atoms with Gasteiger partial charge in [0.1, 0.15) is 0 Å². The number of aromatic amines is 1. The second-order valence-corrected chi connectivity index (χ2v) is 3.56. The van der Waals surface area contributed by atoms with Crippen LogP contribution < -0.4 is 11.3 Å². The first-order chi connectivity index (χ1) is 7.18. The molecule has 0 aliphatic rings. The maximum Gasteiger partial charge on any atom is 0.256 e. The molecular weight excluding hydrogens is 212 g/mol. The van der Waals surface area contributed by atoms with Crippen LogP contribution in [-0.2, 0) is 0 Å². The number of nitrogens with one attached hydrogen (secondary N) is 1. The highest BCUT2D eigenvalue weighted by molar-refractivity contribution is 6.33. The first kappa shape index (κ1) is 9.80. The summed E-state index contributed by atoms with van der Waals surface area (Å²) in [5, 5.41) is 0.536. The molecule has 1 aromatic heterocycles. The average molecular weight is 221 g/mol. The molecule has 1 heterocycles. The Bertz CT molecular complexity index is 548. The number of pyridine rings is 1. The predicted molar refractivity (Wildman–Crippen MR) is 61.9 cm³/mol. The van der Waals surface area contributed by atoms with Gasteiger partial charge in [-0.3, -0.25) is 4.79 Å². The van der Waals surface area contributed by atoms with Crippen molar-refractivity contribution in [2.75, 3.05) is 5.73 Å². The van der Waals surface area contributed by atoms with Crippen molar-refractivity contribution in [3.8, 4) is 11.1 Å². The maximum absolute atomic E-state index is 11.6. The molecule has 0 radical (unpaired) electrons. The fourth-order valence-corrected chi connectivity index (χ4v) is 1.62. The lowest BCUT2D eigenvalue weighted by molar-refractivity contribution is 1.24. The minimum Gasteiger partial charge on any atom is -0.398 e. The molecule has 0 fully saturated rings. The van der Waals surface area contributed by atoms with E-state index in [4.69, 9.17) is 17.3 Å². The zero-order chi connectivity index (χ0) is 10.8. The molecule has 4 heteroatoms. The van der Waals surface area contributed by atoms with Crippen molar-refractivity contribution >= 4 is 17.3 Å². The van der Waals surface area contributed by atoms with E-state index in [1.165, 1.54) is 6.20 Å². The molecule has 0 spiro atoms. The number of halogens is 1. The van der Waals surface area contributed by atoms with Gasteiger partial charge in [0, 0.05) is 22.5 Å². The fraction of sp³-hybridized carbons (Fsp3) is 0. The lowest BCUT2D eigenvalue weighted by Crippen LogP contribution is -2.09. The van der Waals surface area contributed by atoms with Gasteiger partial charge in [-0.15, -0.1) is 0 Å². The van der Waals surface area contributed by atoms with E-state index in [2.05, 4.69) is 4.98 Å². The van der Waals surface area contributed by atoms with E-state index >= 15 is 0 Å². The summed E-state index contributed by atoms with van der Waals surface area (Å²) in [6.07, 6.45) is 1.46. The van der Waals surface area contributed by atoms with Gasteiger partial charge in [-0.05, 0) is 12.1 Å². The van der Waals surface area contributed by atoms with Crippen molar-refractivity contribution in [1.82, 2.24) is 4.98 Å². The first-order valence-corrected chi connectivity index (χ1v) is 4.79. The summed E-state index contributed by atoms with van der Waals surface area (Å²) in [5.41, 5.74) is 7.08. The Labute approximate surface area is 91.5 Å². The molecule has 15 heavy (non-hydrogen) atoms. The summed E-state index contributed by atoms with van der Waals surface area (Å²) < 4.78 is 0. The number of H-pyrrole nitrogens is 1. The molecule has 0 aliphatic heterocycles. The van der Waals surface area contributed by atoms with Crippen molar-refractivity contribution in [1.29, 1.82) is 0 Å². The Hall–Kier alpha value is -1.74. The molecule has 0 saturated heterocycles. The number of rotatable bonds is 1. The predicted octanol–water partition coefficient (Wildman–Crippen LogP) is 2.28. The smallest absolute Gasteiger partial charge is 0.256 e. The number of anilines is 1. The van der Waals surface area contributed by atoms with Crippen LogP contribution >= 0.6 is 11.6 Å². The molecule has 2 rings (SSSR count). The Morgan fingerprint density at radius 2 is 1.93 bits per heavy atom. The summed E-state index contributed by atoms with van der Waals surface area (Å²) in [7, 11) is 0. The first-order valence-electron chi connectivity index (χ1n) is 4.41. The monoisotopic (exact) mass is 220 g/mol. The molecule has 0 bridgehead atoms. The highest BCUT2D eigenvalue weighted by Crippen LogP contribution is 2.25. The molecule has 3 N–H and O–H groups in total. The van der Waals surface area contributed by atoms with Crippen molar-refractivity contribution in [3.05, 3.63) is 51.9 Å². The van der Waals surface area contributed by atoms with Gasteiger partial charge in [-0.25, -0.2) is 0 Å². The number of nitrogen functional groups attached to an aromatic ring is 1. The summed E-state index contributed by atoms with van der Waals surface area (Å²) >= 11 is 5.99. The van der Waals surface area contributed by atoms with Crippen LogP contribution in [0.5, 0.6) is 0 Å². The summed E-state index contributed by atoms with van der Waals surface area (Å²) in [4.78, 5) is 14.1. The lowest BCUT2D eigenvalue weighted by atomic mass is 10.1. The van der Waals surface area contributed by atoms with Crippen LogP contribution in [0.3, 0.4) is 0 Å². The van der Waals surface area contributed by atoms with Crippen LogP contribution in [0.1, 0.15) is 0 Å². The van der Waals surface area contributed by atoms with Crippen LogP contribution in [0.4, 0.5) is 5.69 Å². The van der Waals surface area contributed by atoms with Gasteiger partial charge < -0.3 is 10.7 Å². The number of nitrogens with two attached hydrogens (primary N) is 1. The summed E-state index contributed by atoms with van der Waals surface area (Å²) in [5.74, 6) is 0. The second-order valence-electron chi connectivity index (χ2n) is 3.16. The minimum atomic E-state index is -0.197. The van der Waals surface area contributed by atoms with Gasteiger partial charge in [-0.2, -0.15) is 0 Å². The third-order valence-corrected chi connectivity index (χ3v) is 2.42. The Morgan fingerprint density at radius 3 is 2.67 bits per heavy atom. The number of hydrogen-bond acceptors (Lipinski definition) is 2. The Morgan fingerprint density at radius 1 is 1.20 bits per heavy atom. The van der Waals surface area contributed by atoms with Crippen LogP contribution in [0.25, 0.3) is 11.1 Å². The third-order valence-electron chi connectivity index (χ3n) is 2.09. The van der Waals surface area contributed by atoms with Crippen molar-refractivity contribution in [2.45, 2.75) is 0 Å². The average Bonchev–Trinajstić information content (AvgIpc) is 2.23. The van der Waals surface area contributed by atoms with Crippen LogP contribution in [0, 0.1) is 0 Å². The zero-order valence-electron chi connectivity index (χ0n) is 7.83. The van der Waals surface area contributed by atoms with Gasteiger partial charge in [0.25, 0.3) is 5.56 Å². The molecule has 0 amide bonds. The van der Waals surface area contributed by atoms with E-state index in [1.807, 2.05) is 12.1 Å². The van der Waals surface area contributed by atoms with E-state index < -0.39 is 0 Å². The van der Waals surface area contributed by atoms with Crippen LogP contribution in [0.15, 0.2) is 41.3 Å². The maximum atomic E-state index is 11.6. The molecule has 0 unspecified atom stereocenters. The molecule has 0 atom stereocenters. The Balaban J connectivity index is 2.69. The largest absolute Gasteiger partial charge is 0.398 e. The number of benzene rings is 1. The SMILES string of the molecule is Nc1c[nH]c(=O)c(-c2ccccc2Cl)c1. The molecule has 3 nitrogen and oxygen atoms in total. The topological polar surface area (TPSA) is 58.9 Å². The van der Waals surface area contributed by atoms with E-state index in [0.29, 0.717) is 21.8 Å². The number of aromatic nitrogens is 1. The van der Waals surface area contributed by atoms with Gasteiger partial charge in [-0.1, -0.05) is 29.8 Å². The minimum absolute atomic E-state index is 0.197. The quantitative estimate of drug-likeness (QED) is 0.775. The van der Waals surface area contributed by atoms with E-state index in [0.717, 1.165) is 0 Å². The van der Waals surface area contributed by atoms with E-state index in [1.54, 1.807) is 18.2 Å². The second kappa shape index (κ2) is 3.79. The van der Waals surface area contributed by atoms with Gasteiger partial charge in [0.2, 0.25) is 0 Å². The highest BCUT2D eigenvalue weighted by atomic mass is 35.5. The standard InChI is InChI=1S/C11H9ClN2O/c12-10-4-2-1-3-8(10)9-5-7(13)6-14-11(9)15/h1-6H,13H2,(H,14,15). The summed E-state index contributed by atoms with van der Waals surface area (Å²) in [6.45, 7) is 0. The molecule has 1 aromatic carbocycles. The number of hydrogen-bond donors (Lipinski definition) is 2. The Kier molecular flexibility index (Phi) is 2.47. The van der Waals surface area contributed by atoms with Gasteiger partial charge >= 0.3 is 0 Å². The van der Waals surface area contributed by atoms with Gasteiger partial charge in [0.15, 0.2) is 0 Å². The molecule has 76 valence electrons. The van der Waals surface area contributed by atoms with Gasteiger partial charge in [0.05, 0.1) is 5.56 Å². The van der Waals surface area contributed by atoms with Crippen molar-refractivity contribution in [3.63, 3.8) is 0 Å². The van der Waals surface area contributed by atoms with E-state index in [9.17, 15) is 4.79 Å². The lowest BCUT2D eigenvalue weighted by Gasteiger charge is -2.03. The normalized spacial score (nSPS) is 10.2. The summed E-state index contributed by atoms with van der Waals surface area (Å²) in [6, 6.07) is 8.77. The molecule has 0 aliphatic carbocycles. The third kappa shape index (κ3) is 1.87. The van der Waals surface area contributed by atoms with Crippen molar-refractivity contribution in [2.24, 2.45) is 0 Å². The van der Waals surface area contributed by atoms with E-state index in [-0.39, 0.29) is 5.56 Å². The van der Waals surface area contributed by atoms with Crippen LogP contribution in [0.2, 0.25) is 5.02 Å². The molecular formula is C11H9ClN2O. The van der Waals surface area contributed by atoms with Crippen molar-refractivity contribution < 1.29 is 0 Å². The zero-order valence-corrected chi connectivity index (χ0v) is 8.58. The highest BCUT2D eigenvalue weighted by Gasteiger charge is 2.06. The fourth-order valence-electron chi connectivity index (χ4n) is 1.38. The molecule has 2 aromatic rings. The van der Waals surface area contributed by atoms with Crippen LogP contribution in [-0.4, -0.2) is 4.98 Å².